The fourth-order valence-corrected chi connectivity index (χ4v) is 3.95. The molecular formula is C20H34N4O3. The van der Waals surface area contributed by atoms with Gasteiger partial charge in [0, 0.05) is 32.9 Å². The molecule has 0 amide bonds. The van der Waals surface area contributed by atoms with Crippen LogP contribution in [0.1, 0.15) is 39.5 Å². The molecule has 3 rings (SSSR count). The lowest BCUT2D eigenvalue weighted by molar-refractivity contribution is -0.0203. The minimum absolute atomic E-state index is 0.233. The SMILES string of the molecule is COCCOC1CCN(c2cc(N[C@H]3CCCO[C@H]3C(C)C)ncn2)CC1. The average molecular weight is 379 g/mol. The summed E-state index contributed by atoms with van der Waals surface area (Å²) in [6.45, 7) is 8.53. The van der Waals surface area contributed by atoms with Gasteiger partial charge < -0.3 is 24.4 Å². The lowest BCUT2D eigenvalue weighted by atomic mass is 9.93. The molecule has 27 heavy (non-hydrogen) atoms. The van der Waals surface area contributed by atoms with Gasteiger partial charge in [-0.3, -0.25) is 0 Å². The van der Waals surface area contributed by atoms with Crippen molar-refractivity contribution < 1.29 is 14.2 Å². The monoisotopic (exact) mass is 378 g/mol. The van der Waals surface area contributed by atoms with Crippen molar-refractivity contribution in [3.8, 4) is 0 Å². The second kappa shape index (κ2) is 10.2. The molecule has 7 nitrogen and oxygen atoms in total. The first-order chi connectivity index (χ1) is 13.2. The number of rotatable bonds is 8. The highest BCUT2D eigenvalue weighted by molar-refractivity contribution is 5.49. The van der Waals surface area contributed by atoms with E-state index in [0.717, 1.165) is 57.0 Å². The molecule has 0 radical (unpaired) electrons. The van der Waals surface area contributed by atoms with Crippen molar-refractivity contribution in [3.05, 3.63) is 12.4 Å². The summed E-state index contributed by atoms with van der Waals surface area (Å²) in [6.07, 6.45) is 6.46. The zero-order valence-corrected chi connectivity index (χ0v) is 16.9. The molecule has 0 unspecified atom stereocenters. The molecule has 0 aliphatic carbocycles. The molecule has 152 valence electrons. The van der Waals surface area contributed by atoms with Crippen LogP contribution in [0, 0.1) is 5.92 Å². The van der Waals surface area contributed by atoms with Crippen LogP contribution >= 0.6 is 0 Å². The molecule has 2 atom stereocenters. The van der Waals surface area contributed by atoms with Gasteiger partial charge in [0.15, 0.2) is 0 Å². The van der Waals surface area contributed by atoms with E-state index in [0.29, 0.717) is 31.3 Å². The van der Waals surface area contributed by atoms with Crippen LogP contribution in [0.2, 0.25) is 0 Å². The molecular weight excluding hydrogens is 344 g/mol. The van der Waals surface area contributed by atoms with Gasteiger partial charge >= 0.3 is 0 Å². The lowest BCUT2D eigenvalue weighted by Crippen LogP contribution is -2.43. The molecule has 7 heteroatoms. The quantitative estimate of drug-likeness (QED) is 0.698. The van der Waals surface area contributed by atoms with Crippen LogP contribution in [-0.4, -0.2) is 68.2 Å². The first-order valence-corrected chi connectivity index (χ1v) is 10.2. The summed E-state index contributed by atoms with van der Waals surface area (Å²) in [6, 6.07) is 2.37. The van der Waals surface area contributed by atoms with Gasteiger partial charge in [0.05, 0.1) is 31.5 Å². The Morgan fingerprint density at radius 2 is 2.04 bits per heavy atom. The summed E-state index contributed by atoms with van der Waals surface area (Å²) in [5.74, 6) is 2.36. The maximum absolute atomic E-state index is 5.98. The number of piperidine rings is 1. The summed E-state index contributed by atoms with van der Waals surface area (Å²) >= 11 is 0. The van der Waals surface area contributed by atoms with Gasteiger partial charge in [0.2, 0.25) is 0 Å². The first-order valence-electron chi connectivity index (χ1n) is 10.2. The highest BCUT2D eigenvalue weighted by Crippen LogP contribution is 2.25. The van der Waals surface area contributed by atoms with E-state index < -0.39 is 0 Å². The van der Waals surface area contributed by atoms with Crippen LogP contribution in [0.15, 0.2) is 12.4 Å². The highest BCUT2D eigenvalue weighted by atomic mass is 16.5. The van der Waals surface area contributed by atoms with E-state index in [1.807, 2.05) is 0 Å². The van der Waals surface area contributed by atoms with E-state index in [1.165, 1.54) is 0 Å². The number of anilines is 2. The van der Waals surface area contributed by atoms with Crippen LogP contribution in [0.3, 0.4) is 0 Å². The van der Waals surface area contributed by atoms with Crippen LogP contribution in [0.25, 0.3) is 0 Å². The predicted octanol–water partition coefficient (Wildman–Crippen LogP) is 2.72. The van der Waals surface area contributed by atoms with Crippen molar-refractivity contribution in [2.24, 2.45) is 5.92 Å². The Morgan fingerprint density at radius 3 is 2.78 bits per heavy atom. The summed E-state index contributed by atoms with van der Waals surface area (Å²) in [7, 11) is 1.70. The smallest absolute Gasteiger partial charge is 0.134 e. The van der Waals surface area contributed by atoms with Gasteiger partial charge in [-0.25, -0.2) is 9.97 Å². The van der Waals surface area contributed by atoms with Crippen LogP contribution in [0.4, 0.5) is 11.6 Å². The third kappa shape index (κ3) is 5.77. The van der Waals surface area contributed by atoms with Gasteiger partial charge in [-0.2, -0.15) is 0 Å². The molecule has 1 aromatic rings. The van der Waals surface area contributed by atoms with Crippen LogP contribution in [0.5, 0.6) is 0 Å². The molecule has 0 aromatic carbocycles. The number of hydrogen-bond acceptors (Lipinski definition) is 7. The molecule has 0 spiro atoms. The van der Waals surface area contributed by atoms with E-state index in [2.05, 4.69) is 40.1 Å². The number of nitrogens with zero attached hydrogens (tertiary/aromatic N) is 3. The fraction of sp³-hybridized carbons (Fsp3) is 0.800. The van der Waals surface area contributed by atoms with Crippen molar-refractivity contribution >= 4 is 11.6 Å². The van der Waals surface area contributed by atoms with Crippen LogP contribution < -0.4 is 10.2 Å². The Morgan fingerprint density at radius 1 is 1.22 bits per heavy atom. The summed E-state index contributed by atoms with van der Waals surface area (Å²) in [5, 5.41) is 3.59. The van der Waals surface area contributed by atoms with E-state index in [9.17, 15) is 0 Å². The minimum Gasteiger partial charge on any atom is -0.382 e. The van der Waals surface area contributed by atoms with Crippen LogP contribution in [-0.2, 0) is 14.2 Å². The molecule has 0 bridgehead atoms. The Kier molecular flexibility index (Phi) is 7.67. The zero-order valence-electron chi connectivity index (χ0n) is 16.9. The van der Waals surface area contributed by atoms with Gasteiger partial charge in [-0.05, 0) is 31.6 Å². The largest absolute Gasteiger partial charge is 0.382 e. The van der Waals surface area contributed by atoms with E-state index in [1.54, 1.807) is 13.4 Å². The fourth-order valence-electron chi connectivity index (χ4n) is 3.95. The third-order valence-corrected chi connectivity index (χ3v) is 5.42. The van der Waals surface area contributed by atoms with Gasteiger partial charge in [-0.1, -0.05) is 13.8 Å². The Bertz CT molecular complexity index is 564. The molecule has 3 heterocycles. The second-order valence-electron chi connectivity index (χ2n) is 7.78. The Hall–Kier alpha value is -1.44. The first kappa shape index (κ1) is 20.3. The molecule has 0 saturated carbocycles. The number of hydrogen-bond donors (Lipinski definition) is 1. The normalized spacial score (nSPS) is 24.4. The van der Waals surface area contributed by atoms with Gasteiger partial charge in [0.1, 0.15) is 18.0 Å². The van der Waals surface area contributed by atoms with Crippen molar-refractivity contribution in [1.29, 1.82) is 0 Å². The van der Waals surface area contributed by atoms with Crippen molar-refractivity contribution in [2.45, 2.75) is 57.8 Å². The molecule has 1 N–H and O–H groups in total. The molecule has 2 aliphatic rings. The topological polar surface area (TPSA) is 68.7 Å². The number of aromatic nitrogens is 2. The summed E-state index contributed by atoms with van der Waals surface area (Å²) < 4.78 is 16.9. The minimum atomic E-state index is 0.233. The Balaban J connectivity index is 1.55. The predicted molar refractivity (Wildman–Crippen MR) is 106 cm³/mol. The van der Waals surface area contributed by atoms with E-state index in [4.69, 9.17) is 14.2 Å². The maximum Gasteiger partial charge on any atom is 0.134 e. The van der Waals surface area contributed by atoms with E-state index in [-0.39, 0.29) is 6.10 Å². The van der Waals surface area contributed by atoms with E-state index >= 15 is 0 Å². The Labute approximate surface area is 162 Å². The van der Waals surface area contributed by atoms with Gasteiger partial charge in [-0.15, -0.1) is 0 Å². The molecule has 1 aromatic heterocycles. The molecule has 2 saturated heterocycles. The lowest BCUT2D eigenvalue weighted by Gasteiger charge is -2.35. The van der Waals surface area contributed by atoms with Crippen molar-refractivity contribution in [3.63, 3.8) is 0 Å². The van der Waals surface area contributed by atoms with Gasteiger partial charge in [0.25, 0.3) is 0 Å². The second-order valence-corrected chi connectivity index (χ2v) is 7.78. The zero-order chi connectivity index (χ0) is 19.1. The number of methoxy groups -OCH3 is 1. The number of ether oxygens (including phenoxy) is 3. The number of nitrogens with one attached hydrogen (secondary N) is 1. The molecule has 2 aliphatic heterocycles. The standard InChI is InChI=1S/C20H34N4O3/c1-15(2)20-17(5-4-10-27-20)23-18-13-19(22-14-21-18)24-8-6-16(7-9-24)26-12-11-25-3/h13-17,20H,4-12H2,1-3H3,(H,21,22,23)/t17-,20-/m0/s1. The molecule has 2 fully saturated rings. The maximum atomic E-state index is 5.98. The summed E-state index contributed by atoms with van der Waals surface area (Å²) in [4.78, 5) is 11.3. The summed E-state index contributed by atoms with van der Waals surface area (Å²) in [5.41, 5.74) is 0. The highest BCUT2D eigenvalue weighted by Gasteiger charge is 2.29. The third-order valence-electron chi connectivity index (χ3n) is 5.42. The average Bonchev–Trinajstić information content (AvgIpc) is 2.69. The van der Waals surface area contributed by atoms with Crippen molar-refractivity contribution in [1.82, 2.24) is 9.97 Å². The van der Waals surface area contributed by atoms with Crippen molar-refractivity contribution in [2.75, 3.05) is 50.2 Å².